The first kappa shape index (κ1) is 16.7. The van der Waals surface area contributed by atoms with Crippen LogP contribution in [-0.4, -0.2) is 61.3 Å². The first-order valence-corrected chi connectivity index (χ1v) is 6.84. The molecule has 0 aromatic heterocycles. The normalized spacial score (nSPS) is 22.4. The number of hydrogen-bond donors (Lipinski definition) is 1. The van der Waals surface area contributed by atoms with Crippen molar-refractivity contribution < 1.29 is 13.2 Å². The van der Waals surface area contributed by atoms with E-state index in [0.717, 1.165) is 19.3 Å². The molecule has 1 aliphatic carbocycles. The first-order valence-electron chi connectivity index (χ1n) is 6.84. The van der Waals surface area contributed by atoms with Crippen LogP contribution < -0.4 is 5.73 Å². The second-order valence-corrected chi connectivity index (χ2v) is 5.95. The van der Waals surface area contributed by atoms with Gasteiger partial charge in [0.1, 0.15) is 6.04 Å². The number of hydrogen-bond acceptors (Lipinski definition) is 3. The smallest absolute Gasteiger partial charge is 0.326 e. The summed E-state index contributed by atoms with van der Waals surface area (Å²) in [6.07, 6.45) is -0.958. The van der Waals surface area contributed by atoms with Crippen LogP contribution in [0.15, 0.2) is 0 Å². The summed E-state index contributed by atoms with van der Waals surface area (Å²) in [5.74, 6) is 0. The molecule has 1 saturated carbocycles. The van der Waals surface area contributed by atoms with Crippen molar-refractivity contribution in [3.05, 3.63) is 0 Å². The summed E-state index contributed by atoms with van der Waals surface area (Å²) in [6, 6.07) is -2.43. The van der Waals surface area contributed by atoms with Crippen molar-refractivity contribution in [3.8, 4) is 0 Å². The number of halogens is 3. The zero-order valence-corrected chi connectivity index (χ0v) is 12.3. The fourth-order valence-corrected chi connectivity index (χ4v) is 2.94. The van der Waals surface area contributed by atoms with E-state index in [1.54, 1.807) is 6.92 Å². The number of alkyl halides is 3. The number of nitrogens with zero attached hydrogens (tertiary/aromatic N) is 2. The summed E-state index contributed by atoms with van der Waals surface area (Å²) in [5.41, 5.74) is 5.56. The van der Waals surface area contributed by atoms with Crippen LogP contribution in [0.4, 0.5) is 13.2 Å². The van der Waals surface area contributed by atoms with Crippen LogP contribution in [0.3, 0.4) is 0 Å². The highest BCUT2D eigenvalue weighted by Gasteiger charge is 2.49. The molecule has 0 heterocycles. The molecule has 0 bridgehead atoms. The molecule has 0 amide bonds. The van der Waals surface area contributed by atoms with Crippen molar-refractivity contribution in [2.75, 3.05) is 27.7 Å². The van der Waals surface area contributed by atoms with E-state index in [2.05, 4.69) is 4.90 Å². The predicted molar refractivity (Wildman–Crippen MR) is 71.0 cm³/mol. The zero-order chi connectivity index (χ0) is 14.8. The Morgan fingerprint density at radius 1 is 1.21 bits per heavy atom. The van der Waals surface area contributed by atoms with E-state index < -0.39 is 18.3 Å². The van der Waals surface area contributed by atoms with Crippen LogP contribution in [-0.2, 0) is 0 Å². The van der Waals surface area contributed by atoms with Crippen molar-refractivity contribution in [2.24, 2.45) is 5.73 Å². The molecule has 2 unspecified atom stereocenters. The lowest BCUT2D eigenvalue weighted by Crippen LogP contribution is -2.62. The molecule has 1 aliphatic rings. The minimum absolute atomic E-state index is 0.119. The van der Waals surface area contributed by atoms with Gasteiger partial charge in [-0.05, 0) is 46.8 Å². The molecule has 0 saturated heterocycles. The van der Waals surface area contributed by atoms with Crippen LogP contribution in [0, 0.1) is 0 Å². The number of likely N-dealkylation sites (N-methyl/N-ethyl adjacent to an activating group) is 2. The van der Waals surface area contributed by atoms with E-state index in [9.17, 15) is 13.2 Å². The molecule has 0 radical (unpaired) electrons. The van der Waals surface area contributed by atoms with E-state index in [0.29, 0.717) is 13.0 Å². The quantitative estimate of drug-likeness (QED) is 0.809. The minimum Gasteiger partial charge on any atom is -0.326 e. The average Bonchev–Trinajstić information content (AvgIpc) is 2.20. The highest BCUT2D eigenvalue weighted by molar-refractivity contribution is 5.00. The lowest BCUT2D eigenvalue weighted by atomic mass is 9.75. The second-order valence-electron chi connectivity index (χ2n) is 5.95. The van der Waals surface area contributed by atoms with Gasteiger partial charge in [0.05, 0.1) is 0 Å². The van der Waals surface area contributed by atoms with Gasteiger partial charge in [-0.1, -0.05) is 6.92 Å². The van der Waals surface area contributed by atoms with Crippen LogP contribution in [0.2, 0.25) is 0 Å². The van der Waals surface area contributed by atoms with Gasteiger partial charge in [-0.25, -0.2) is 0 Å². The SMILES string of the molecule is CCC(N)C(N(C)CC1(N(C)C)CCC1)C(F)(F)F. The van der Waals surface area contributed by atoms with Gasteiger partial charge < -0.3 is 10.6 Å². The third-order valence-corrected chi connectivity index (χ3v) is 4.46. The molecule has 2 N–H and O–H groups in total. The van der Waals surface area contributed by atoms with Gasteiger partial charge in [0.2, 0.25) is 0 Å². The molecule has 0 aromatic rings. The van der Waals surface area contributed by atoms with Crippen molar-refractivity contribution in [1.29, 1.82) is 0 Å². The van der Waals surface area contributed by atoms with Crippen LogP contribution in [0.5, 0.6) is 0 Å². The van der Waals surface area contributed by atoms with E-state index in [1.165, 1.54) is 11.9 Å². The summed E-state index contributed by atoms with van der Waals surface area (Å²) in [7, 11) is 5.42. The maximum atomic E-state index is 13.2. The largest absolute Gasteiger partial charge is 0.405 e. The molecule has 3 nitrogen and oxygen atoms in total. The lowest BCUT2D eigenvalue weighted by molar-refractivity contribution is -0.191. The van der Waals surface area contributed by atoms with Gasteiger partial charge in [0.25, 0.3) is 0 Å². The Morgan fingerprint density at radius 3 is 2.00 bits per heavy atom. The van der Waals surface area contributed by atoms with Crippen molar-refractivity contribution in [1.82, 2.24) is 9.80 Å². The van der Waals surface area contributed by atoms with Crippen molar-refractivity contribution in [2.45, 2.75) is 56.4 Å². The first-order chi connectivity index (χ1) is 8.64. The highest BCUT2D eigenvalue weighted by Crippen LogP contribution is 2.38. The third-order valence-electron chi connectivity index (χ3n) is 4.46. The van der Waals surface area contributed by atoms with Gasteiger partial charge in [0.15, 0.2) is 0 Å². The van der Waals surface area contributed by atoms with Gasteiger partial charge in [-0.2, -0.15) is 13.2 Å². The lowest BCUT2D eigenvalue weighted by Gasteiger charge is -2.51. The number of nitrogens with two attached hydrogens (primary N) is 1. The fourth-order valence-electron chi connectivity index (χ4n) is 2.94. The van der Waals surface area contributed by atoms with Crippen molar-refractivity contribution in [3.63, 3.8) is 0 Å². The highest BCUT2D eigenvalue weighted by atomic mass is 19.4. The molecule has 0 aromatic carbocycles. The molecule has 1 rings (SSSR count). The van der Waals surface area contributed by atoms with Crippen LogP contribution >= 0.6 is 0 Å². The molecular formula is C13H26F3N3. The van der Waals surface area contributed by atoms with E-state index in [1.807, 2.05) is 14.1 Å². The summed E-state index contributed by atoms with van der Waals surface area (Å²) in [6.45, 7) is 2.11. The van der Waals surface area contributed by atoms with E-state index >= 15 is 0 Å². The predicted octanol–water partition coefficient (Wildman–Crippen LogP) is 2.07. The van der Waals surface area contributed by atoms with Gasteiger partial charge in [-0.15, -0.1) is 0 Å². The zero-order valence-electron chi connectivity index (χ0n) is 12.3. The Morgan fingerprint density at radius 2 is 1.74 bits per heavy atom. The van der Waals surface area contributed by atoms with E-state index in [-0.39, 0.29) is 5.54 Å². The van der Waals surface area contributed by atoms with Gasteiger partial charge in [-0.3, -0.25) is 4.90 Å². The Balaban J connectivity index is 2.80. The van der Waals surface area contributed by atoms with Crippen LogP contribution in [0.25, 0.3) is 0 Å². The van der Waals surface area contributed by atoms with E-state index in [4.69, 9.17) is 5.73 Å². The fraction of sp³-hybridized carbons (Fsp3) is 1.00. The minimum atomic E-state index is -4.28. The van der Waals surface area contributed by atoms with Crippen LogP contribution in [0.1, 0.15) is 32.6 Å². The Labute approximate surface area is 113 Å². The summed E-state index contributed by atoms with van der Waals surface area (Å²) in [4.78, 5) is 3.45. The number of rotatable bonds is 6. The Hall–Kier alpha value is -0.330. The maximum Gasteiger partial charge on any atom is 0.405 e. The molecule has 0 aliphatic heterocycles. The molecule has 2 atom stereocenters. The van der Waals surface area contributed by atoms with Crippen molar-refractivity contribution >= 4 is 0 Å². The molecular weight excluding hydrogens is 255 g/mol. The Kier molecular flexibility index (Phi) is 5.26. The molecule has 6 heteroatoms. The third kappa shape index (κ3) is 3.61. The molecule has 114 valence electrons. The molecule has 0 spiro atoms. The monoisotopic (exact) mass is 281 g/mol. The van der Waals surface area contributed by atoms with Gasteiger partial charge >= 0.3 is 6.18 Å². The average molecular weight is 281 g/mol. The summed E-state index contributed by atoms with van der Waals surface area (Å²) in [5, 5.41) is 0. The summed E-state index contributed by atoms with van der Waals surface area (Å²) < 4.78 is 39.5. The Bertz CT molecular complexity index is 287. The summed E-state index contributed by atoms with van der Waals surface area (Å²) >= 11 is 0. The second kappa shape index (κ2) is 5.97. The standard InChI is InChI=1S/C13H26F3N3/c1-5-10(17)11(13(14,15)16)19(4)9-12(18(2)3)7-6-8-12/h10-11H,5-9,17H2,1-4H3. The maximum absolute atomic E-state index is 13.2. The van der Waals surface area contributed by atoms with Gasteiger partial charge in [0, 0.05) is 18.1 Å². The molecule has 19 heavy (non-hydrogen) atoms. The molecule has 1 fully saturated rings. The topological polar surface area (TPSA) is 32.5 Å².